The van der Waals surface area contributed by atoms with Crippen molar-refractivity contribution < 1.29 is 4.79 Å². The molecule has 0 aliphatic carbocycles. The van der Waals surface area contributed by atoms with E-state index in [1.165, 1.54) is 5.56 Å². The van der Waals surface area contributed by atoms with Crippen LogP contribution in [-0.2, 0) is 6.54 Å². The van der Waals surface area contributed by atoms with E-state index in [0.717, 1.165) is 25.1 Å². The lowest BCUT2D eigenvalue weighted by atomic mass is 10.1. The Kier molecular flexibility index (Phi) is 4.43. The summed E-state index contributed by atoms with van der Waals surface area (Å²) in [7, 11) is 3.83. The summed E-state index contributed by atoms with van der Waals surface area (Å²) in [5.74, 6) is 0. The van der Waals surface area contributed by atoms with Gasteiger partial charge in [-0.2, -0.15) is 0 Å². The van der Waals surface area contributed by atoms with Crippen LogP contribution in [0.3, 0.4) is 0 Å². The summed E-state index contributed by atoms with van der Waals surface area (Å²) in [6.07, 6.45) is 2.09. The van der Waals surface area contributed by atoms with E-state index in [9.17, 15) is 4.79 Å². The number of carbonyl (C=O) groups is 1. The van der Waals surface area contributed by atoms with Crippen LogP contribution >= 0.6 is 0 Å². The number of urea groups is 1. The molecule has 0 fully saturated rings. The summed E-state index contributed by atoms with van der Waals surface area (Å²) in [5, 5.41) is 3.23. The highest BCUT2D eigenvalue weighted by atomic mass is 16.2. The van der Waals surface area contributed by atoms with Gasteiger partial charge in [0.25, 0.3) is 0 Å². The van der Waals surface area contributed by atoms with Crippen LogP contribution in [-0.4, -0.2) is 37.6 Å². The Morgan fingerprint density at radius 1 is 1.37 bits per heavy atom. The van der Waals surface area contributed by atoms with Gasteiger partial charge in [-0.25, -0.2) is 4.79 Å². The molecule has 1 heterocycles. The molecular formula is C15H23N3O. The van der Waals surface area contributed by atoms with E-state index < -0.39 is 0 Å². The van der Waals surface area contributed by atoms with E-state index >= 15 is 0 Å². The molecule has 2 amide bonds. The summed E-state index contributed by atoms with van der Waals surface area (Å²) in [4.78, 5) is 16.0. The first-order chi connectivity index (χ1) is 9.13. The molecule has 4 heteroatoms. The minimum Gasteiger partial charge on any atom is -0.323 e. The Labute approximate surface area is 115 Å². The van der Waals surface area contributed by atoms with Gasteiger partial charge in [-0.1, -0.05) is 18.2 Å². The van der Waals surface area contributed by atoms with Gasteiger partial charge in [0, 0.05) is 26.2 Å². The van der Waals surface area contributed by atoms with Crippen molar-refractivity contribution in [2.75, 3.05) is 25.5 Å². The van der Waals surface area contributed by atoms with E-state index in [-0.39, 0.29) is 6.03 Å². The maximum atomic E-state index is 12.3. The van der Waals surface area contributed by atoms with E-state index in [0.29, 0.717) is 12.6 Å². The van der Waals surface area contributed by atoms with Gasteiger partial charge in [-0.3, -0.25) is 4.90 Å². The second-order valence-corrected chi connectivity index (χ2v) is 5.25. The van der Waals surface area contributed by atoms with E-state index in [1.807, 2.05) is 37.2 Å². The van der Waals surface area contributed by atoms with Crippen LogP contribution in [0.15, 0.2) is 24.3 Å². The Bertz CT molecular complexity index is 447. The first-order valence-electron chi connectivity index (χ1n) is 6.91. The molecule has 4 nitrogen and oxygen atoms in total. The van der Waals surface area contributed by atoms with Crippen LogP contribution in [0.25, 0.3) is 0 Å². The minimum atomic E-state index is 0.107. The Balaban J connectivity index is 2.07. The number of hydrogen-bond acceptors (Lipinski definition) is 2. The predicted octanol–water partition coefficient (Wildman–Crippen LogP) is 2.45. The van der Waals surface area contributed by atoms with Crippen molar-refractivity contribution in [3.8, 4) is 0 Å². The van der Waals surface area contributed by atoms with Crippen LogP contribution in [0.2, 0.25) is 0 Å². The molecule has 0 bridgehead atoms. The molecule has 19 heavy (non-hydrogen) atoms. The number of para-hydroxylation sites is 1. The number of nitrogens with one attached hydrogen (secondary N) is 1. The Morgan fingerprint density at radius 3 is 2.84 bits per heavy atom. The normalized spacial score (nSPS) is 16.5. The van der Waals surface area contributed by atoms with E-state index in [2.05, 4.69) is 18.3 Å². The highest BCUT2D eigenvalue weighted by Crippen LogP contribution is 2.27. The van der Waals surface area contributed by atoms with Gasteiger partial charge in [0.1, 0.15) is 0 Å². The third-order valence-electron chi connectivity index (χ3n) is 3.76. The SMILES string of the molecule is CNC(C)CCCN1C(=O)N(C)Cc2ccccc21. The number of benzene rings is 1. The summed E-state index contributed by atoms with van der Waals surface area (Å²) in [5.41, 5.74) is 2.30. The van der Waals surface area contributed by atoms with Gasteiger partial charge in [-0.15, -0.1) is 0 Å². The number of fused-ring (bicyclic) bond motifs is 1. The van der Waals surface area contributed by atoms with Gasteiger partial charge in [-0.05, 0) is 38.4 Å². The monoisotopic (exact) mass is 261 g/mol. The molecule has 0 radical (unpaired) electrons. The molecule has 0 spiro atoms. The molecule has 0 aromatic heterocycles. The number of rotatable bonds is 5. The van der Waals surface area contributed by atoms with Crippen molar-refractivity contribution in [2.45, 2.75) is 32.4 Å². The fourth-order valence-corrected chi connectivity index (χ4v) is 2.46. The smallest absolute Gasteiger partial charge is 0.323 e. The highest BCUT2D eigenvalue weighted by Gasteiger charge is 2.27. The van der Waals surface area contributed by atoms with Crippen molar-refractivity contribution >= 4 is 11.7 Å². The molecule has 1 N–H and O–H groups in total. The second-order valence-electron chi connectivity index (χ2n) is 5.25. The number of amides is 2. The fourth-order valence-electron chi connectivity index (χ4n) is 2.46. The van der Waals surface area contributed by atoms with Crippen molar-refractivity contribution in [2.24, 2.45) is 0 Å². The first-order valence-corrected chi connectivity index (χ1v) is 6.91. The molecule has 1 aromatic rings. The fraction of sp³-hybridized carbons (Fsp3) is 0.533. The molecule has 1 aliphatic rings. The lowest BCUT2D eigenvalue weighted by molar-refractivity contribution is 0.210. The quantitative estimate of drug-likeness (QED) is 0.883. The van der Waals surface area contributed by atoms with Crippen LogP contribution < -0.4 is 10.2 Å². The van der Waals surface area contributed by atoms with E-state index in [1.54, 1.807) is 4.90 Å². The lowest BCUT2D eigenvalue weighted by Crippen LogP contribution is -2.45. The summed E-state index contributed by atoms with van der Waals surface area (Å²) >= 11 is 0. The van der Waals surface area contributed by atoms with E-state index in [4.69, 9.17) is 0 Å². The molecule has 0 saturated carbocycles. The third kappa shape index (κ3) is 3.07. The van der Waals surface area contributed by atoms with Crippen LogP contribution in [0.4, 0.5) is 10.5 Å². The van der Waals surface area contributed by atoms with Crippen LogP contribution in [0, 0.1) is 0 Å². The standard InChI is InChI=1S/C15H23N3O/c1-12(16-2)7-6-10-18-14-9-5-4-8-13(14)11-17(3)15(18)19/h4-5,8-9,12,16H,6-7,10-11H2,1-3H3. The maximum Gasteiger partial charge on any atom is 0.324 e. The van der Waals surface area contributed by atoms with Crippen molar-refractivity contribution in [1.82, 2.24) is 10.2 Å². The topological polar surface area (TPSA) is 35.6 Å². The van der Waals surface area contributed by atoms with Gasteiger partial charge < -0.3 is 10.2 Å². The molecule has 0 saturated heterocycles. The zero-order chi connectivity index (χ0) is 13.8. The van der Waals surface area contributed by atoms with Crippen molar-refractivity contribution in [1.29, 1.82) is 0 Å². The zero-order valence-corrected chi connectivity index (χ0v) is 12.0. The van der Waals surface area contributed by atoms with Gasteiger partial charge in [0.05, 0.1) is 5.69 Å². The molecule has 1 aromatic carbocycles. The zero-order valence-electron chi connectivity index (χ0n) is 12.0. The molecular weight excluding hydrogens is 238 g/mol. The number of carbonyl (C=O) groups excluding carboxylic acids is 1. The first kappa shape index (κ1) is 13.9. The summed E-state index contributed by atoms with van der Waals surface area (Å²) < 4.78 is 0. The van der Waals surface area contributed by atoms with Crippen molar-refractivity contribution in [3.63, 3.8) is 0 Å². The summed E-state index contributed by atoms with van der Waals surface area (Å²) in [6.45, 7) is 3.66. The van der Waals surface area contributed by atoms with Gasteiger partial charge in [0.15, 0.2) is 0 Å². The lowest BCUT2D eigenvalue weighted by Gasteiger charge is -2.35. The van der Waals surface area contributed by atoms with Crippen LogP contribution in [0.5, 0.6) is 0 Å². The maximum absolute atomic E-state index is 12.3. The number of nitrogens with zero attached hydrogens (tertiary/aromatic N) is 2. The predicted molar refractivity (Wildman–Crippen MR) is 78.4 cm³/mol. The molecule has 104 valence electrons. The number of anilines is 1. The molecule has 2 rings (SSSR count). The van der Waals surface area contributed by atoms with Gasteiger partial charge in [0.2, 0.25) is 0 Å². The largest absolute Gasteiger partial charge is 0.324 e. The molecule has 1 unspecified atom stereocenters. The molecule has 1 aliphatic heterocycles. The highest BCUT2D eigenvalue weighted by molar-refractivity contribution is 5.94. The molecule has 1 atom stereocenters. The average molecular weight is 261 g/mol. The second kappa shape index (κ2) is 6.06. The Hall–Kier alpha value is -1.55. The summed E-state index contributed by atoms with van der Waals surface area (Å²) in [6, 6.07) is 8.77. The van der Waals surface area contributed by atoms with Gasteiger partial charge >= 0.3 is 6.03 Å². The average Bonchev–Trinajstić information content (AvgIpc) is 2.42. The van der Waals surface area contributed by atoms with Crippen molar-refractivity contribution in [3.05, 3.63) is 29.8 Å². The van der Waals surface area contributed by atoms with Crippen LogP contribution in [0.1, 0.15) is 25.3 Å². The number of hydrogen-bond donors (Lipinski definition) is 1. The Morgan fingerprint density at radius 2 is 2.11 bits per heavy atom. The third-order valence-corrected chi connectivity index (χ3v) is 3.76. The minimum absolute atomic E-state index is 0.107.